The minimum Gasteiger partial charge on any atom is -0.320 e. The Hall–Kier alpha value is -1.68. The minimum absolute atomic E-state index is 0.205. The highest BCUT2D eigenvalue weighted by Gasteiger charge is 2.15. The van der Waals surface area contributed by atoms with Gasteiger partial charge in [0.15, 0.2) is 0 Å². The Labute approximate surface area is 100 Å². The van der Waals surface area contributed by atoms with Gasteiger partial charge in [0.1, 0.15) is 5.82 Å². The van der Waals surface area contributed by atoms with E-state index in [1.807, 2.05) is 14.0 Å². The van der Waals surface area contributed by atoms with E-state index in [4.69, 9.17) is 5.73 Å². The zero-order valence-corrected chi connectivity index (χ0v) is 10.2. The van der Waals surface area contributed by atoms with Gasteiger partial charge in [0.25, 0.3) is 0 Å². The van der Waals surface area contributed by atoms with Crippen LogP contribution in [-0.4, -0.2) is 9.78 Å². The van der Waals surface area contributed by atoms with Crippen LogP contribution >= 0.6 is 0 Å². The number of benzene rings is 1. The van der Waals surface area contributed by atoms with E-state index >= 15 is 0 Å². The maximum absolute atomic E-state index is 13.2. The lowest BCUT2D eigenvalue weighted by molar-refractivity contribution is 0.617. The number of nitrogens with zero attached hydrogens (tertiary/aromatic N) is 2. The fourth-order valence-corrected chi connectivity index (χ4v) is 1.86. The predicted molar refractivity (Wildman–Crippen MR) is 65.1 cm³/mol. The van der Waals surface area contributed by atoms with Crippen LogP contribution in [0, 0.1) is 19.7 Å². The number of hydrogen-bond acceptors (Lipinski definition) is 2. The summed E-state index contributed by atoms with van der Waals surface area (Å²) in [5, 5.41) is 4.17. The summed E-state index contributed by atoms with van der Waals surface area (Å²) in [6, 6.07) is 4.70. The fourth-order valence-electron chi connectivity index (χ4n) is 1.86. The molecule has 0 aliphatic heterocycles. The van der Waals surface area contributed by atoms with Crippen LogP contribution in [0.3, 0.4) is 0 Å². The van der Waals surface area contributed by atoms with Crippen LogP contribution in [0.25, 0.3) is 0 Å². The van der Waals surface area contributed by atoms with Crippen molar-refractivity contribution in [1.82, 2.24) is 9.78 Å². The minimum atomic E-state index is -0.261. The second kappa shape index (κ2) is 4.30. The molecule has 1 atom stereocenters. The van der Waals surface area contributed by atoms with Gasteiger partial charge in [-0.25, -0.2) is 4.39 Å². The molecule has 0 saturated heterocycles. The number of halogens is 1. The van der Waals surface area contributed by atoms with E-state index in [1.54, 1.807) is 29.9 Å². The lowest BCUT2D eigenvalue weighted by Gasteiger charge is -2.12. The Morgan fingerprint density at radius 2 is 2.06 bits per heavy atom. The molecule has 1 heterocycles. The molecular formula is C13H16FN3. The lowest BCUT2D eigenvalue weighted by Crippen LogP contribution is -2.13. The number of aromatic nitrogens is 2. The summed E-state index contributed by atoms with van der Waals surface area (Å²) in [4.78, 5) is 0. The van der Waals surface area contributed by atoms with Crippen LogP contribution in [0.5, 0.6) is 0 Å². The number of aryl methyl sites for hydroxylation is 2. The Bertz CT molecular complexity index is 546. The van der Waals surface area contributed by atoms with Crippen molar-refractivity contribution in [3.05, 3.63) is 52.6 Å². The van der Waals surface area contributed by atoms with Gasteiger partial charge in [-0.15, -0.1) is 0 Å². The van der Waals surface area contributed by atoms with Gasteiger partial charge in [0, 0.05) is 18.3 Å². The molecule has 0 fully saturated rings. The number of nitrogens with two attached hydrogens (primary N) is 1. The Morgan fingerprint density at radius 3 is 2.59 bits per heavy atom. The van der Waals surface area contributed by atoms with Crippen molar-refractivity contribution in [2.24, 2.45) is 12.8 Å². The molecule has 1 aromatic carbocycles. The van der Waals surface area contributed by atoms with Crippen molar-refractivity contribution in [2.45, 2.75) is 19.9 Å². The predicted octanol–water partition coefficient (Wildman–Crippen LogP) is 2.22. The standard InChI is InChI=1S/C13H16FN3/c1-8-6-10(4-5-12(8)14)13(15)11-7-16-17(3)9(11)2/h4-7,13H,15H2,1-3H3. The quantitative estimate of drug-likeness (QED) is 0.864. The van der Waals surface area contributed by atoms with Gasteiger partial charge in [-0.05, 0) is 31.0 Å². The van der Waals surface area contributed by atoms with Gasteiger partial charge >= 0.3 is 0 Å². The van der Waals surface area contributed by atoms with Gasteiger partial charge < -0.3 is 5.73 Å². The molecule has 1 aromatic heterocycles. The summed E-state index contributed by atoms with van der Waals surface area (Å²) >= 11 is 0. The molecule has 0 aliphatic carbocycles. The molecule has 0 saturated carbocycles. The van der Waals surface area contributed by atoms with Gasteiger partial charge in [0.05, 0.1) is 12.2 Å². The molecule has 2 N–H and O–H groups in total. The normalized spacial score (nSPS) is 12.8. The topological polar surface area (TPSA) is 43.8 Å². The van der Waals surface area contributed by atoms with E-state index in [-0.39, 0.29) is 11.9 Å². The van der Waals surface area contributed by atoms with Crippen molar-refractivity contribution in [3.63, 3.8) is 0 Å². The van der Waals surface area contributed by atoms with Crippen molar-refractivity contribution in [3.8, 4) is 0 Å². The largest absolute Gasteiger partial charge is 0.320 e. The highest BCUT2D eigenvalue weighted by molar-refractivity contribution is 5.34. The third-order valence-electron chi connectivity index (χ3n) is 3.15. The second-order valence-corrected chi connectivity index (χ2v) is 4.30. The molecule has 4 heteroatoms. The molecule has 90 valence electrons. The SMILES string of the molecule is Cc1cc(C(N)c2cnn(C)c2C)ccc1F. The van der Waals surface area contributed by atoms with Gasteiger partial charge in [0.2, 0.25) is 0 Å². The molecule has 17 heavy (non-hydrogen) atoms. The average Bonchev–Trinajstić information content (AvgIpc) is 2.63. The van der Waals surface area contributed by atoms with E-state index in [9.17, 15) is 4.39 Å². The van der Waals surface area contributed by atoms with Crippen LogP contribution in [0.4, 0.5) is 4.39 Å². The van der Waals surface area contributed by atoms with Crippen LogP contribution < -0.4 is 5.73 Å². The fraction of sp³-hybridized carbons (Fsp3) is 0.308. The van der Waals surface area contributed by atoms with E-state index < -0.39 is 0 Å². The van der Waals surface area contributed by atoms with E-state index in [1.165, 1.54) is 6.07 Å². The van der Waals surface area contributed by atoms with E-state index in [0.29, 0.717) is 5.56 Å². The molecule has 0 bridgehead atoms. The maximum atomic E-state index is 13.2. The summed E-state index contributed by atoms with van der Waals surface area (Å²) in [5.74, 6) is -0.205. The van der Waals surface area contributed by atoms with Crippen LogP contribution in [0.2, 0.25) is 0 Å². The zero-order valence-electron chi connectivity index (χ0n) is 10.2. The molecular weight excluding hydrogens is 217 g/mol. The highest BCUT2D eigenvalue weighted by Crippen LogP contribution is 2.23. The Morgan fingerprint density at radius 1 is 1.35 bits per heavy atom. The first-order chi connectivity index (χ1) is 8.00. The molecule has 3 nitrogen and oxygen atoms in total. The Kier molecular flexibility index (Phi) is 2.98. The molecule has 1 unspecified atom stereocenters. The average molecular weight is 233 g/mol. The molecule has 0 amide bonds. The second-order valence-electron chi connectivity index (χ2n) is 4.30. The van der Waals surface area contributed by atoms with Crippen LogP contribution in [-0.2, 0) is 7.05 Å². The number of hydrogen-bond donors (Lipinski definition) is 1. The van der Waals surface area contributed by atoms with Gasteiger partial charge in [-0.1, -0.05) is 12.1 Å². The summed E-state index contributed by atoms with van der Waals surface area (Å²) in [5.41, 5.74) is 9.69. The van der Waals surface area contributed by atoms with Crippen molar-refractivity contribution < 1.29 is 4.39 Å². The van der Waals surface area contributed by atoms with Crippen LogP contribution in [0.15, 0.2) is 24.4 Å². The van der Waals surface area contributed by atoms with Gasteiger partial charge in [-0.2, -0.15) is 5.10 Å². The van der Waals surface area contributed by atoms with Crippen molar-refractivity contribution in [1.29, 1.82) is 0 Å². The van der Waals surface area contributed by atoms with Crippen molar-refractivity contribution >= 4 is 0 Å². The molecule has 2 rings (SSSR count). The first-order valence-corrected chi connectivity index (χ1v) is 5.51. The number of rotatable bonds is 2. The molecule has 0 spiro atoms. The van der Waals surface area contributed by atoms with Gasteiger partial charge in [-0.3, -0.25) is 4.68 Å². The van der Waals surface area contributed by atoms with E-state index in [2.05, 4.69) is 5.10 Å². The summed E-state index contributed by atoms with van der Waals surface area (Å²) < 4.78 is 15.0. The molecule has 0 radical (unpaired) electrons. The third-order valence-corrected chi connectivity index (χ3v) is 3.15. The summed E-state index contributed by atoms with van der Waals surface area (Å²) in [6.45, 7) is 3.71. The maximum Gasteiger partial charge on any atom is 0.126 e. The smallest absolute Gasteiger partial charge is 0.126 e. The summed E-state index contributed by atoms with van der Waals surface area (Å²) in [6.07, 6.45) is 1.76. The lowest BCUT2D eigenvalue weighted by atomic mass is 9.99. The molecule has 0 aliphatic rings. The zero-order chi connectivity index (χ0) is 12.6. The third kappa shape index (κ3) is 2.08. The first-order valence-electron chi connectivity index (χ1n) is 5.51. The van der Waals surface area contributed by atoms with Crippen LogP contribution in [0.1, 0.15) is 28.4 Å². The van der Waals surface area contributed by atoms with Crippen molar-refractivity contribution in [2.75, 3.05) is 0 Å². The first kappa shape index (κ1) is 11.8. The highest BCUT2D eigenvalue weighted by atomic mass is 19.1. The monoisotopic (exact) mass is 233 g/mol. The molecule has 2 aromatic rings. The van der Waals surface area contributed by atoms with E-state index in [0.717, 1.165) is 16.8 Å². The summed E-state index contributed by atoms with van der Waals surface area (Å²) in [7, 11) is 1.88. The Balaban J connectivity index is 2.40.